The van der Waals surface area contributed by atoms with E-state index < -0.39 is 18.5 Å². The normalized spacial score (nSPS) is 13.2. The minimum atomic E-state index is -0.574. The molecule has 0 aliphatic heterocycles. The molecule has 0 saturated heterocycles. The van der Waals surface area contributed by atoms with Gasteiger partial charge in [-0.05, 0) is 59.3 Å². The van der Waals surface area contributed by atoms with Gasteiger partial charge < -0.3 is 10.1 Å². The number of nitriles is 1. The van der Waals surface area contributed by atoms with Crippen molar-refractivity contribution in [2.45, 2.75) is 32.1 Å². The van der Waals surface area contributed by atoms with Gasteiger partial charge in [0.2, 0.25) is 0 Å². The van der Waals surface area contributed by atoms with Crippen LogP contribution in [0.4, 0.5) is 5.00 Å². The maximum atomic E-state index is 12.2. The molecule has 26 heavy (non-hydrogen) atoms. The summed E-state index contributed by atoms with van der Waals surface area (Å²) in [6.45, 7) is -0.395. The third kappa shape index (κ3) is 4.14. The molecule has 1 amide bonds. The smallest absolute Gasteiger partial charge is 0.339 e. The molecule has 0 fully saturated rings. The summed E-state index contributed by atoms with van der Waals surface area (Å²) in [6.07, 6.45) is 5.16. The average molecular weight is 433 g/mol. The van der Waals surface area contributed by atoms with Crippen molar-refractivity contribution in [2.75, 3.05) is 11.9 Å². The van der Waals surface area contributed by atoms with Crippen LogP contribution >= 0.6 is 27.3 Å². The number of ether oxygens (including phenoxy) is 1. The molecule has 1 heterocycles. The summed E-state index contributed by atoms with van der Waals surface area (Å²) in [4.78, 5) is 25.4. The Labute approximate surface area is 164 Å². The molecule has 0 radical (unpaired) electrons. The average Bonchev–Trinajstić information content (AvgIpc) is 2.79. The largest absolute Gasteiger partial charge is 0.452 e. The molecule has 0 bridgehead atoms. The molecule has 1 N–H and O–H groups in total. The quantitative estimate of drug-likeness (QED) is 0.571. The van der Waals surface area contributed by atoms with E-state index in [1.54, 1.807) is 24.3 Å². The summed E-state index contributed by atoms with van der Waals surface area (Å²) in [7, 11) is 0. The Kier molecular flexibility index (Phi) is 6.07. The van der Waals surface area contributed by atoms with Crippen molar-refractivity contribution in [3.8, 4) is 6.07 Å². The summed E-state index contributed by atoms with van der Waals surface area (Å²) < 4.78 is 5.69. The second kappa shape index (κ2) is 8.47. The number of anilines is 1. The summed E-state index contributed by atoms with van der Waals surface area (Å²) in [5.41, 5.74) is 1.98. The van der Waals surface area contributed by atoms with Crippen molar-refractivity contribution < 1.29 is 14.3 Å². The molecule has 1 aliphatic carbocycles. The van der Waals surface area contributed by atoms with E-state index in [0.717, 1.165) is 31.2 Å². The number of benzene rings is 1. The molecule has 3 rings (SSSR count). The van der Waals surface area contributed by atoms with Gasteiger partial charge in [0.05, 0.1) is 11.1 Å². The van der Waals surface area contributed by atoms with E-state index in [4.69, 9.17) is 4.74 Å². The monoisotopic (exact) mass is 432 g/mol. The number of hydrogen-bond acceptors (Lipinski definition) is 5. The first-order valence-corrected chi connectivity index (χ1v) is 9.97. The fraction of sp³-hybridized carbons (Fsp3) is 0.316. The maximum Gasteiger partial charge on any atom is 0.339 e. The van der Waals surface area contributed by atoms with Crippen LogP contribution in [0.15, 0.2) is 28.7 Å². The highest BCUT2D eigenvalue weighted by molar-refractivity contribution is 9.10. The highest BCUT2D eigenvalue weighted by Gasteiger charge is 2.21. The molecule has 5 nitrogen and oxygen atoms in total. The summed E-state index contributed by atoms with van der Waals surface area (Å²) in [5, 5.41) is 12.8. The zero-order chi connectivity index (χ0) is 18.5. The number of carbonyl (C=O) groups excluding carboxylic acids is 2. The molecule has 0 unspecified atom stereocenters. The maximum absolute atomic E-state index is 12.2. The van der Waals surface area contributed by atoms with Crippen molar-refractivity contribution in [3.05, 3.63) is 50.3 Å². The van der Waals surface area contributed by atoms with Gasteiger partial charge in [0.1, 0.15) is 11.1 Å². The van der Waals surface area contributed by atoms with Crippen LogP contribution in [0, 0.1) is 11.3 Å². The van der Waals surface area contributed by atoms with Gasteiger partial charge in [-0.2, -0.15) is 5.26 Å². The van der Waals surface area contributed by atoms with Gasteiger partial charge in [0.25, 0.3) is 5.91 Å². The standard InChI is InChI=1S/C19H17BrN2O3S/c20-15-8-5-4-7-13(15)19(24)25-11-17(23)22-18-14(10-21)12-6-2-1-3-9-16(12)26-18/h4-5,7-8H,1-3,6,9,11H2,(H,22,23). The lowest BCUT2D eigenvalue weighted by molar-refractivity contribution is -0.119. The molecule has 0 saturated carbocycles. The topological polar surface area (TPSA) is 79.2 Å². The van der Waals surface area contributed by atoms with Crippen molar-refractivity contribution in [1.82, 2.24) is 0 Å². The van der Waals surface area contributed by atoms with Crippen molar-refractivity contribution in [3.63, 3.8) is 0 Å². The number of rotatable bonds is 4. The molecular formula is C19H17BrN2O3S. The molecule has 1 aliphatic rings. The lowest BCUT2D eigenvalue weighted by Crippen LogP contribution is -2.21. The van der Waals surface area contributed by atoms with Gasteiger partial charge >= 0.3 is 5.97 Å². The van der Waals surface area contributed by atoms with Crippen molar-refractivity contribution >= 4 is 44.1 Å². The molecule has 0 atom stereocenters. The van der Waals surface area contributed by atoms with E-state index in [-0.39, 0.29) is 0 Å². The Morgan fingerprint density at radius 2 is 2.00 bits per heavy atom. The van der Waals surface area contributed by atoms with E-state index in [9.17, 15) is 14.9 Å². The fourth-order valence-corrected chi connectivity index (χ4v) is 4.65. The summed E-state index contributed by atoms with van der Waals surface area (Å²) in [6, 6.07) is 9.08. The predicted octanol–water partition coefficient (Wildman–Crippen LogP) is 4.45. The number of fused-ring (bicyclic) bond motifs is 1. The number of halogens is 1. The van der Waals surface area contributed by atoms with Crippen LogP contribution < -0.4 is 5.32 Å². The molecule has 1 aromatic heterocycles. The lowest BCUT2D eigenvalue weighted by atomic mass is 10.1. The van der Waals surface area contributed by atoms with E-state index in [2.05, 4.69) is 27.3 Å². The highest BCUT2D eigenvalue weighted by atomic mass is 79.9. The number of esters is 1. The summed E-state index contributed by atoms with van der Waals surface area (Å²) >= 11 is 4.74. The van der Waals surface area contributed by atoms with Crippen LogP contribution in [0.1, 0.15) is 45.6 Å². The third-order valence-electron chi connectivity index (χ3n) is 4.21. The van der Waals surface area contributed by atoms with Crippen molar-refractivity contribution in [2.24, 2.45) is 0 Å². The van der Waals surface area contributed by atoms with Gasteiger partial charge in [-0.25, -0.2) is 4.79 Å². The first kappa shape index (κ1) is 18.6. The Morgan fingerprint density at radius 3 is 2.77 bits per heavy atom. The van der Waals surface area contributed by atoms with Gasteiger partial charge in [-0.15, -0.1) is 11.3 Å². The second-order valence-electron chi connectivity index (χ2n) is 5.98. The molecule has 2 aromatic rings. The number of thiophene rings is 1. The Balaban J connectivity index is 1.65. The number of amides is 1. The van der Waals surface area contributed by atoms with Crippen LogP contribution in [-0.2, 0) is 22.4 Å². The van der Waals surface area contributed by atoms with Crippen molar-refractivity contribution in [1.29, 1.82) is 5.26 Å². The Hall–Kier alpha value is -2.17. The number of nitrogens with zero attached hydrogens (tertiary/aromatic N) is 1. The van der Waals surface area contributed by atoms with Crippen LogP contribution in [-0.4, -0.2) is 18.5 Å². The van der Waals surface area contributed by atoms with E-state index in [0.29, 0.717) is 20.6 Å². The first-order chi connectivity index (χ1) is 12.6. The number of hydrogen-bond donors (Lipinski definition) is 1. The highest BCUT2D eigenvalue weighted by Crippen LogP contribution is 2.36. The third-order valence-corrected chi connectivity index (χ3v) is 6.11. The van der Waals surface area contributed by atoms with E-state index in [1.165, 1.54) is 22.6 Å². The van der Waals surface area contributed by atoms with Crippen LogP contribution in [0.2, 0.25) is 0 Å². The van der Waals surface area contributed by atoms with Gasteiger partial charge in [0, 0.05) is 9.35 Å². The van der Waals surface area contributed by atoms with Gasteiger partial charge in [-0.1, -0.05) is 18.6 Å². The van der Waals surface area contributed by atoms with Crippen LogP contribution in [0.3, 0.4) is 0 Å². The molecule has 7 heteroatoms. The number of nitrogens with one attached hydrogen (secondary N) is 1. The van der Waals surface area contributed by atoms with E-state index in [1.807, 2.05) is 0 Å². The SMILES string of the molecule is N#Cc1c(NC(=O)COC(=O)c2ccccc2Br)sc2c1CCCCC2. The summed E-state index contributed by atoms with van der Waals surface area (Å²) in [5.74, 6) is -1.02. The lowest BCUT2D eigenvalue weighted by Gasteiger charge is -2.07. The molecule has 0 spiro atoms. The predicted molar refractivity (Wildman–Crippen MR) is 103 cm³/mol. The number of aryl methyl sites for hydroxylation is 1. The minimum absolute atomic E-state index is 0.362. The molecule has 134 valence electrons. The second-order valence-corrected chi connectivity index (χ2v) is 7.94. The van der Waals surface area contributed by atoms with Gasteiger partial charge in [0.15, 0.2) is 6.61 Å². The molecular weight excluding hydrogens is 416 g/mol. The first-order valence-electron chi connectivity index (χ1n) is 8.36. The zero-order valence-corrected chi connectivity index (χ0v) is 16.4. The fourth-order valence-electron chi connectivity index (χ4n) is 2.95. The zero-order valence-electron chi connectivity index (χ0n) is 14.0. The molecule has 1 aromatic carbocycles. The van der Waals surface area contributed by atoms with Crippen LogP contribution in [0.5, 0.6) is 0 Å². The van der Waals surface area contributed by atoms with Crippen LogP contribution in [0.25, 0.3) is 0 Å². The Morgan fingerprint density at radius 1 is 1.23 bits per heavy atom. The van der Waals surface area contributed by atoms with Gasteiger partial charge in [-0.3, -0.25) is 4.79 Å². The Bertz CT molecular complexity index is 885. The van der Waals surface area contributed by atoms with E-state index >= 15 is 0 Å². The minimum Gasteiger partial charge on any atom is -0.452 e. The number of carbonyl (C=O) groups is 2.